The maximum Gasteiger partial charge on any atom is 0.262 e. The van der Waals surface area contributed by atoms with Crippen LogP contribution in [0.3, 0.4) is 0 Å². The number of hydrogen-bond acceptors (Lipinski definition) is 5. The lowest BCUT2D eigenvalue weighted by Gasteiger charge is -2.38. The molecular formula is C33H35FN4O5S. The Hall–Kier alpha value is -4.38. The van der Waals surface area contributed by atoms with Crippen LogP contribution in [0.4, 0.5) is 15.8 Å². The van der Waals surface area contributed by atoms with Gasteiger partial charge >= 0.3 is 0 Å². The van der Waals surface area contributed by atoms with E-state index in [4.69, 9.17) is 4.74 Å². The lowest BCUT2D eigenvalue weighted by atomic mass is 9.77. The number of fused-ring (bicyclic) bond motifs is 1. The quantitative estimate of drug-likeness (QED) is 0.305. The van der Waals surface area contributed by atoms with Crippen LogP contribution in [-0.2, 0) is 26.2 Å². The fourth-order valence-corrected chi connectivity index (χ4v) is 8.23. The van der Waals surface area contributed by atoms with E-state index in [9.17, 15) is 22.4 Å². The average Bonchev–Trinajstić information content (AvgIpc) is 3.54. The van der Waals surface area contributed by atoms with Gasteiger partial charge in [0, 0.05) is 36.9 Å². The zero-order chi connectivity index (χ0) is 31.2. The van der Waals surface area contributed by atoms with Crippen molar-refractivity contribution in [1.29, 1.82) is 0 Å². The largest absolute Gasteiger partial charge is 0.497 e. The van der Waals surface area contributed by atoms with Gasteiger partial charge in [-0.15, -0.1) is 0 Å². The maximum atomic E-state index is 13.6. The topological polar surface area (TPSA) is 101 Å². The summed E-state index contributed by atoms with van der Waals surface area (Å²) in [5.41, 5.74) is 2.30. The van der Waals surface area contributed by atoms with Crippen LogP contribution in [0.1, 0.15) is 30.4 Å². The van der Waals surface area contributed by atoms with E-state index in [1.54, 1.807) is 70.8 Å². The molecule has 3 aromatic carbocycles. The van der Waals surface area contributed by atoms with Gasteiger partial charge in [-0.2, -0.15) is 0 Å². The Balaban J connectivity index is 1.17. The van der Waals surface area contributed by atoms with Crippen LogP contribution >= 0.6 is 0 Å². The molecule has 0 radical (unpaired) electrons. The molecule has 0 bridgehead atoms. The van der Waals surface area contributed by atoms with Gasteiger partial charge in [0.15, 0.2) is 0 Å². The number of piperidine rings is 1. The van der Waals surface area contributed by atoms with E-state index in [0.717, 1.165) is 5.39 Å². The summed E-state index contributed by atoms with van der Waals surface area (Å²) >= 11 is 0. The third-order valence-electron chi connectivity index (χ3n) is 9.00. The highest BCUT2D eigenvalue weighted by molar-refractivity contribution is 7.92. The maximum absolute atomic E-state index is 13.6. The molecule has 6 rings (SSSR count). The molecule has 230 valence electrons. The Morgan fingerprint density at radius 3 is 2.30 bits per heavy atom. The summed E-state index contributed by atoms with van der Waals surface area (Å²) in [5.74, 6) is 0.175. The first-order chi connectivity index (χ1) is 21.0. The van der Waals surface area contributed by atoms with E-state index in [1.165, 1.54) is 19.2 Å². The molecule has 2 aliphatic heterocycles. The molecule has 1 N–H and O–H groups in total. The van der Waals surface area contributed by atoms with Gasteiger partial charge < -0.3 is 19.1 Å². The third-order valence-corrected chi connectivity index (χ3v) is 10.7. The number of anilines is 2. The van der Waals surface area contributed by atoms with E-state index in [-0.39, 0.29) is 29.1 Å². The second-order valence-corrected chi connectivity index (χ2v) is 13.3. The van der Waals surface area contributed by atoms with Crippen LogP contribution < -0.4 is 14.4 Å². The van der Waals surface area contributed by atoms with Crippen LogP contribution in [0.15, 0.2) is 71.8 Å². The summed E-state index contributed by atoms with van der Waals surface area (Å²) in [4.78, 5) is 30.6. The number of sulfonamides is 1. The summed E-state index contributed by atoms with van der Waals surface area (Å²) in [6.45, 7) is 4.98. The van der Waals surface area contributed by atoms with Crippen molar-refractivity contribution in [3.63, 3.8) is 0 Å². The van der Waals surface area contributed by atoms with E-state index in [2.05, 4.69) is 4.72 Å². The van der Waals surface area contributed by atoms with Gasteiger partial charge in [-0.3, -0.25) is 14.3 Å². The van der Waals surface area contributed by atoms with Gasteiger partial charge in [0.1, 0.15) is 18.1 Å². The number of hydrogen-bond donors (Lipinski definition) is 1. The minimum absolute atomic E-state index is 0.0332. The number of likely N-dealkylation sites (tertiary alicyclic amines) is 1. The number of halogens is 1. The molecule has 1 aromatic heterocycles. The molecule has 2 saturated heterocycles. The fraction of sp³-hybridized carbons (Fsp3) is 0.333. The number of amides is 2. The second-order valence-electron chi connectivity index (χ2n) is 11.7. The molecule has 4 aromatic rings. The predicted octanol–water partition coefficient (Wildman–Crippen LogP) is 5.25. The van der Waals surface area contributed by atoms with Crippen molar-refractivity contribution >= 4 is 44.1 Å². The van der Waals surface area contributed by atoms with Gasteiger partial charge in [-0.25, -0.2) is 12.8 Å². The minimum atomic E-state index is -3.95. The van der Waals surface area contributed by atoms with Crippen molar-refractivity contribution in [3.05, 3.63) is 83.8 Å². The number of rotatable bonds is 7. The number of aromatic nitrogens is 1. The molecule has 0 saturated carbocycles. The molecule has 0 atom stereocenters. The molecule has 9 nitrogen and oxygen atoms in total. The van der Waals surface area contributed by atoms with E-state index in [0.29, 0.717) is 72.7 Å². The molecule has 2 fully saturated rings. The summed E-state index contributed by atoms with van der Waals surface area (Å²) in [5, 5.41) is 0.802. The van der Waals surface area contributed by atoms with Gasteiger partial charge in [0.2, 0.25) is 11.8 Å². The van der Waals surface area contributed by atoms with Crippen LogP contribution in [-0.4, -0.2) is 56.4 Å². The number of methoxy groups -OCH3 is 1. The lowest BCUT2D eigenvalue weighted by molar-refractivity contribution is -0.138. The molecular weight excluding hydrogens is 583 g/mol. The number of para-hydroxylation sites is 1. The summed E-state index contributed by atoms with van der Waals surface area (Å²) < 4.78 is 50.4. The van der Waals surface area contributed by atoms with E-state index < -0.39 is 15.4 Å². The van der Waals surface area contributed by atoms with Crippen molar-refractivity contribution in [3.8, 4) is 5.75 Å². The first-order valence-corrected chi connectivity index (χ1v) is 16.1. The molecule has 3 heterocycles. The number of benzene rings is 3. The van der Waals surface area contributed by atoms with E-state index >= 15 is 0 Å². The second kappa shape index (κ2) is 11.3. The number of carbonyl (C=O) groups is 2. The highest BCUT2D eigenvalue weighted by Gasteiger charge is 2.49. The first-order valence-electron chi connectivity index (χ1n) is 14.6. The fourth-order valence-electron chi connectivity index (χ4n) is 6.71. The molecule has 11 heteroatoms. The van der Waals surface area contributed by atoms with Crippen LogP contribution in [0, 0.1) is 25.1 Å². The lowest BCUT2D eigenvalue weighted by Crippen LogP contribution is -2.47. The predicted molar refractivity (Wildman–Crippen MR) is 167 cm³/mol. The Labute approximate surface area is 256 Å². The first kappa shape index (κ1) is 29.7. The average molecular weight is 619 g/mol. The zero-order valence-corrected chi connectivity index (χ0v) is 25.8. The Morgan fingerprint density at radius 1 is 0.977 bits per heavy atom. The smallest absolute Gasteiger partial charge is 0.262 e. The SMILES string of the molecule is COc1cc(C)c(S(=O)(=O)Nc2cccc3ccn(CC(=O)N4CCC5(CC4)CCN(c4ccc(F)cc4)C5=O)c23)c(C)c1. The highest BCUT2D eigenvalue weighted by Crippen LogP contribution is 2.43. The Kier molecular flexibility index (Phi) is 7.61. The molecule has 0 unspecified atom stereocenters. The van der Waals surface area contributed by atoms with Gasteiger partial charge in [-0.1, -0.05) is 12.1 Å². The Bertz CT molecular complexity index is 1840. The summed E-state index contributed by atoms with van der Waals surface area (Å²) in [6, 6.07) is 16.5. The van der Waals surface area contributed by atoms with Crippen molar-refractivity contribution in [2.75, 3.05) is 36.4 Å². The van der Waals surface area contributed by atoms with Crippen molar-refractivity contribution < 1.29 is 27.1 Å². The molecule has 44 heavy (non-hydrogen) atoms. The normalized spacial score (nSPS) is 16.6. The van der Waals surface area contributed by atoms with Crippen molar-refractivity contribution in [2.45, 2.75) is 44.6 Å². The van der Waals surface area contributed by atoms with Gasteiger partial charge in [-0.05, 0) is 92.8 Å². The summed E-state index contributed by atoms with van der Waals surface area (Å²) in [7, 11) is -2.41. The van der Waals surface area contributed by atoms with Crippen LogP contribution in [0.25, 0.3) is 10.9 Å². The molecule has 2 amide bonds. The third kappa shape index (κ3) is 5.29. The van der Waals surface area contributed by atoms with Crippen LogP contribution in [0.5, 0.6) is 5.75 Å². The number of ether oxygens (including phenoxy) is 1. The monoisotopic (exact) mass is 618 g/mol. The van der Waals surface area contributed by atoms with Gasteiger partial charge in [0.05, 0.1) is 28.6 Å². The Morgan fingerprint density at radius 2 is 1.64 bits per heavy atom. The van der Waals surface area contributed by atoms with Crippen molar-refractivity contribution in [1.82, 2.24) is 9.47 Å². The number of aryl methyl sites for hydroxylation is 2. The molecule has 2 aliphatic rings. The number of carbonyl (C=O) groups excluding carboxylic acids is 2. The zero-order valence-electron chi connectivity index (χ0n) is 25.0. The van der Waals surface area contributed by atoms with E-state index in [1.807, 2.05) is 12.1 Å². The molecule has 1 spiro atoms. The standard InChI is InChI=1S/C33H35FN4O5S/c1-22-19-27(43-3)20-23(2)31(22)44(41,42)35-28-6-4-5-24-11-15-37(30(24)28)21-29(39)36-16-12-33(13-17-36)14-18-38(32(33)40)26-9-7-25(34)8-10-26/h4-11,15,19-20,35H,12-14,16-18,21H2,1-3H3. The number of nitrogens with zero attached hydrogens (tertiary/aromatic N) is 3. The number of nitrogens with one attached hydrogen (secondary N) is 1. The molecule has 0 aliphatic carbocycles. The van der Waals surface area contributed by atoms with Crippen molar-refractivity contribution in [2.24, 2.45) is 5.41 Å². The minimum Gasteiger partial charge on any atom is -0.497 e. The van der Waals surface area contributed by atoms with Gasteiger partial charge in [0.25, 0.3) is 10.0 Å². The highest BCUT2D eigenvalue weighted by atomic mass is 32.2. The van der Waals surface area contributed by atoms with Crippen LogP contribution in [0.2, 0.25) is 0 Å². The summed E-state index contributed by atoms with van der Waals surface area (Å²) in [6.07, 6.45) is 3.61.